The van der Waals surface area contributed by atoms with E-state index in [9.17, 15) is 13.8 Å². The van der Waals surface area contributed by atoms with Crippen LogP contribution in [0.25, 0.3) is 0 Å². The van der Waals surface area contributed by atoms with Crippen molar-refractivity contribution >= 4 is 34.5 Å². The van der Waals surface area contributed by atoms with Crippen LogP contribution in [0, 0.1) is 0 Å². The molecular weight excluding hydrogens is 504 g/mol. The number of hydrogen-bond acceptors (Lipinski definition) is 8. The van der Waals surface area contributed by atoms with Gasteiger partial charge in [-0.25, -0.2) is 0 Å². The van der Waals surface area contributed by atoms with E-state index in [4.69, 9.17) is 31.2 Å². The topological polar surface area (TPSA) is 162 Å². The van der Waals surface area contributed by atoms with Gasteiger partial charge in [-0.1, -0.05) is 52.0 Å². The molecule has 0 aliphatic carbocycles. The summed E-state index contributed by atoms with van der Waals surface area (Å²) >= 11 is 1.29. The van der Waals surface area contributed by atoms with Crippen molar-refractivity contribution in [1.29, 1.82) is 0 Å². The number of ether oxygens (including phenoxy) is 2. The van der Waals surface area contributed by atoms with Crippen LogP contribution < -0.4 is 20.9 Å². The van der Waals surface area contributed by atoms with E-state index in [0.717, 1.165) is 30.1 Å². The van der Waals surface area contributed by atoms with Gasteiger partial charge in [0, 0.05) is 27.6 Å². The third-order valence-corrected chi connectivity index (χ3v) is 8.49. The van der Waals surface area contributed by atoms with Gasteiger partial charge in [0.25, 0.3) is 0 Å². The fraction of sp³-hybridized carbons (Fsp3) is 0.680. The second kappa shape index (κ2) is 18.4. The molecule has 6 N–H and O–H groups in total. The molecule has 0 saturated carbocycles. The van der Waals surface area contributed by atoms with Crippen molar-refractivity contribution in [2.75, 3.05) is 24.1 Å². The fourth-order valence-electron chi connectivity index (χ4n) is 3.33. The Labute approximate surface area is 221 Å². The zero-order chi connectivity index (χ0) is 26.9. The molecule has 0 fully saturated rings. The summed E-state index contributed by atoms with van der Waals surface area (Å²) in [5.74, 6) is 1.11. The number of unbranched alkanes of at least 4 members (excludes halogenated alkanes) is 5. The molecular formula is C25H42N2O7S2. The first-order chi connectivity index (χ1) is 17.1. The van der Waals surface area contributed by atoms with Gasteiger partial charge in [0.05, 0.1) is 0 Å². The fourth-order valence-corrected chi connectivity index (χ4v) is 5.59. The summed E-state index contributed by atoms with van der Waals surface area (Å²) in [6, 6.07) is 4.22. The van der Waals surface area contributed by atoms with Crippen LogP contribution in [0.3, 0.4) is 0 Å². The van der Waals surface area contributed by atoms with Crippen molar-refractivity contribution in [2.24, 2.45) is 11.5 Å². The second-order valence-corrected chi connectivity index (χ2v) is 11.9. The van der Waals surface area contributed by atoms with Crippen molar-refractivity contribution in [2.45, 2.75) is 82.5 Å². The molecule has 2 rings (SSSR count). The Hall–Kier alpha value is -1.82. The summed E-state index contributed by atoms with van der Waals surface area (Å²) in [5, 5.41) is 17.0. The first kappa shape index (κ1) is 32.2. The van der Waals surface area contributed by atoms with E-state index in [1.54, 1.807) is 0 Å². The van der Waals surface area contributed by atoms with Gasteiger partial charge in [-0.15, -0.1) is 0 Å². The lowest BCUT2D eigenvalue weighted by atomic mass is 10.1. The van der Waals surface area contributed by atoms with Crippen LogP contribution in [0.1, 0.15) is 64.4 Å². The molecule has 1 aromatic carbocycles. The number of aliphatic carboxylic acids is 2. The maximum atomic E-state index is 12.3. The number of benzene rings is 1. The first-order valence-corrected chi connectivity index (χ1v) is 15.0. The highest BCUT2D eigenvalue weighted by atomic mass is 32.2. The normalized spacial score (nSPS) is 15.3. The summed E-state index contributed by atoms with van der Waals surface area (Å²) in [4.78, 5) is 20.6. The zero-order valence-corrected chi connectivity index (χ0v) is 23.0. The van der Waals surface area contributed by atoms with E-state index < -0.39 is 34.8 Å². The minimum atomic E-state index is -1.06. The van der Waals surface area contributed by atoms with Crippen LogP contribution in [0.2, 0.25) is 0 Å². The monoisotopic (exact) mass is 546 g/mol. The van der Waals surface area contributed by atoms with Crippen LogP contribution in [0.4, 0.5) is 0 Å². The van der Waals surface area contributed by atoms with Gasteiger partial charge in [-0.2, -0.15) is 11.8 Å². The minimum absolute atomic E-state index is 0.191. The number of carboxylic acids is 2. The largest absolute Gasteiger partial charge is 0.480 e. The minimum Gasteiger partial charge on any atom is -0.480 e. The zero-order valence-electron chi connectivity index (χ0n) is 21.4. The number of carbonyl (C=O) groups is 2. The molecule has 206 valence electrons. The highest BCUT2D eigenvalue weighted by molar-refractivity contribution is 7.99. The lowest BCUT2D eigenvalue weighted by Gasteiger charge is -2.12. The number of thioether (sulfide) groups is 1. The molecule has 9 nitrogen and oxygen atoms in total. The molecule has 0 amide bonds. The average molecular weight is 547 g/mol. The molecule has 36 heavy (non-hydrogen) atoms. The first-order valence-electron chi connectivity index (χ1n) is 12.5. The van der Waals surface area contributed by atoms with E-state index in [1.165, 1.54) is 49.4 Å². The van der Waals surface area contributed by atoms with Crippen molar-refractivity contribution in [1.82, 2.24) is 0 Å². The predicted molar refractivity (Wildman–Crippen MR) is 145 cm³/mol. The van der Waals surface area contributed by atoms with Gasteiger partial charge in [0.2, 0.25) is 6.79 Å². The molecule has 1 heterocycles. The van der Waals surface area contributed by atoms with Crippen molar-refractivity contribution in [3.8, 4) is 11.5 Å². The molecule has 4 unspecified atom stereocenters. The van der Waals surface area contributed by atoms with Gasteiger partial charge in [-0.05, 0) is 42.7 Å². The lowest BCUT2D eigenvalue weighted by Crippen LogP contribution is -2.33. The lowest BCUT2D eigenvalue weighted by molar-refractivity contribution is -0.139. The molecule has 0 saturated heterocycles. The SMILES string of the molecule is CCCCCCCCS(=O)C(C)Cc1ccc2c(c1)OCO2.NC(CCSCC(N)C(=O)O)C(=O)O. The number of hydrogen-bond donors (Lipinski definition) is 4. The Morgan fingerprint density at radius 3 is 2.33 bits per heavy atom. The summed E-state index contributed by atoms with van der Waals surface area (Å²) in [6.07, 6.45) is 8.63. The Morgan fingerprint density at radius 1 is 1.03 bits per heavy atom. The van der Waals surface area contributed by atoms with Crippen LogP contribution in [0.5, 0.6) is 11.5 Å². The van der Waals surface area contributed by atoms with Gasteiger partial charge in [0.15, 0.2) is 11.5 Å². The van der Waals surface area contributed by atoms with E-state index in [1.807, 2.05) is 18.2 Å². The standard InChI is InChI=1S/C18H28O3S.C7H14N2O4S/c1-3-4-5-6-7-8-11-22(19)15(2)12-16-9-10-17-18(13-16)21-14-20-17;8-4(6(10)11)1-2-14-3-5(9)7(12)13/h9-10,13,15H,3-8,11-12,14H2,1-2H3;4-5H,1-3,8-9H2,(H,10,11)(H,12,13). The number of carboxylic acid groups (broad SMARTS) is 2. The molecule has 0 spiro atoms. The Bertz CT molecular complexity index is 804. The molecule has 0 aromatic heterocycles. The molecule has 0 bridgehead atoms. The van der Waals surface area contributed by atoms with Crippen LogP contribution in [-0.4, -0.2) is 67.7 Å². The smallest absolute Gasteiger partial charge is 0.321 e. The second-order valence-electron chi connectivity index (χ2n) is 8.81. The van der Waals surface area contributed by atoms with E-state index >= 15 is 0 Å². The Kier molecular flexibility index (Phi) is 16.5. The predicted octanol–water partition coefficient (Wildman–Crippen LogP) is 3.39. The van der Waals surface area contributed by atoms with Crippen molar-refractivity contribution in [3.63, 3.8) is 0 Å². The maximum absolute atomic E-state index is 12.3. The molecule has 1 aromatic rings. The third-order valence-electron chi connectivity index (χ3n) is 5.61. The highest BCUT2D eigenvalue weighted by Crippen LogP contribution is 2.33. The molecule has 0 radical (unpaired) electrons. The summed E-state index contributed by atoms with van der Waals surface area (Å²) in [5.41, 5.74) is 11.6. The van der Waals surface area contributed by atoms with Crippen molar-refractivity contribution in [3.05, 3.63) is 23.8 Å². The van der Waals surface area contributed by atoms with E-state index in [-0.39, 0.29) is 11.0 Å². The van der Waals surface area contributed by atoms with Gasteiger partial charge in [-0.3, -0.25) is 13.8 Å². The third kappa shape index (κ3) is 13.5. The Morgan fingerprint density at radius 2 is 1.67 bits per heavy atom. The van der Waals surface area contributed by atoms with Gasteiger partial charge in [0.1, 0.15) is 12.1 Å². The van der Waals surface area contributed by atoms with Crippen LogP contribution in [0.15, 0.2) is 18.2 Å². The quantitative estimate of drug-likeness (QED) is 0.213. The summed E-state index contributed by atoms with van der Waals surface area (Å²) < 4.78 is 23.0. The van der Waals surface area contributed by atoms with E-state index in [0.29, 0.717) is 19.0 Å². The van der Waals surface area contributed by atoms with Crippen molar-refractivity contribution < 1.29 is 33.5 Å². The summed E-state index contributed by atoms with van der Waals surface area (Å²) in [7, 11) is -0.743. The maximum Gasteiger partial charge on any atom is 0.321 e. The molecule has 4 atom stereocenters. The molecule has 11 heteroatoms. The summed E-state index contributed by atoms with van der Waals surface area (Å²) in [6.45, 7) is 4.61. The number of rotatable bonds is 17. The Balaban J connectivity index is 0.000000402. The van der Waals surface area contributed by atoms with Gasteiger partial charge < -0.3 is 31.2 Å². The number of nitrogens with two attached hydrogens (primary N) is 2. The average Bonchev–Trinajstić information content (AvgIpc) is 3.31. The van der Waals surface area contributed by atoms with E-state index in [2.05, 4.69) is 13.8 Å². The van der Waals surface area contributed by atoms with Crippen LogP contribution >= 0.6 is 11.8 Å². The number of fused-ring (bicyclic) bond motifs is 1. The molecule has 1 aliphatic rings. The molecule has 1 aliphatic heterocycles. The highest BCUT2D eigenvalue weighted by Gasteiger charge is 2.17. The van der Waals surface area contributed by atoms with Gasteiger partial charge >= 0.3 is 11.9 Å². The van der Waals surface area contributed by atoms with Crippen LogP contribution in [-0.2, 0) is 26.8 Å².